The van der Waals surface area contributed by atoms with Crippen molar-refractivity contribution in [2.24, 2.45) is 0 Å². The van der Waals surface area contributed by atoms with Gasteiger partial charge in [0.05, 0.1) is 0 Å². The predicted octanol–water partition coefficient (Wildman–Crippen LogP) is 5.42. The maximum atomic E-state index is 12.7. The van der Waals surface area contributed by atoms with E-state index in [-0.39, 0.29) is 5.91 Å². The van der Waals surface area contributed by atoms with Crippen LogP contribution >= 0.6 is 0 Å². The van der Waals surface area contributed by atoms with Crippen LogP contribution in [0, 0.1) is 20.8 Å². The lowest BCUT2D eigenvalue weighted by atomic mass is 9.87. The summed E-state index contributed by atoms with van der Waals surface area (Å²) in [6, 6.07) is 17.0. The van der Waals surface area contributed by atoms with E-state index >= 15 is 0 Å². The van der Waals surface area contributed by atoms with Gasteiger partial charge in [0.1, 0.15) is 17.1 Å². The van der Waals surface area contributed by atoms with E-state index in [0.717, 1.165) is 39.3 Å². The fourth-order valence-electron chi connectivity index (χ4n) is 3.99. The van der Waals surface area contributed by atoms with E-state index in [1.165, 1.54) is 0 Å². The van der Waals surface area contributed by atoms with Crippen LogP contribution in [0.1, 0.15) is 45.1 Å². The number of ether oxygens (including phenoxy) is 1. The zero-order valence-corrected chi connectivity index (χ0v) is 17.2. The van der Waals surface area contributed by atoms with Crippen LogP contribution in [0.3, 0.4) is 0 Å². The van der Waals surface area contributed by atoms with Gasteiger partial charge in [0.25, 0.3) is 5.91 Å². The van der Waals surface area contributed by atoms with E-state index in [4.69, 9.17) is 4.74 Å². The van der Waals surface area contributed by atoms with Crippen LogP contribution in [0.5, 0.6) is 11.5 Å². The molecule has 4 heteroatoms. The Kier molecular flexibility index (Phi) is 4.58. The largest absolute Gasteiger partial charge is 0.507 e. The van der Waals surface area contributed by atoms with E-state index in [2.05, 4.69) is 5.32 Å². The summed E-state index contributed by atoms with van der Waals surface area (Å²) in [5.74, 6) is 1.03. The zero-order chi connectivity index (χ0) is 20.8. The van der Waals surface area contributed by atoms with Crippen LogP contribution in [0.15, 0.2) is 54.6 Å². The van der Waals surface area contributed by atoms with Crippen LogP contribution in [-0.4, -0.2) is 11.0 Å². The van der Waals surface area contributed by atoms with Crippen LogP contribution in [0.2, 0.25) is 0 Å². The number of amides is 1. The van der Waals surface area contributed by atoms with Gasteiger partial charge in [-0.05, 0) is 74.2 Å². The van der Waals surface area contributed by atoms with Gasteiger partial charge in [0, 0.05) is 23.2 Å². The Morgan fingerprint density at radius 3 is 2.45 bits per heavy atom. The van der Waals surface area contributed by atoms with Crippen LogP contribution in [0.25, 0.3) is 0 Å². The van der Waals surface area contributed by atoms with E-state index in [0.29, 0.717) is 17.7 Å². The molecular formula is C25H25NO3. The highest BCUT2D eigenvalue weighted by molar-refractivity contribution is 6.04. The molecule has 0 aromatic heterocycles. The highest BCUT2D eigenvalue weighted by atomic mass is 16.5. The Morgan fingerprint density at radius 1 is 1.00 bits per heavy atom. The molecule has 3 aromatic carbocycles. The quantitative estimate of drug-likeness (QED) is 0.631. The Morgan fingerprint density at radius 2 is 1.72 bits per heavy atom. The molecule has 0 saturated heterocycles. The number of carbonyl (C=O) groups is 1. The molecule has 148 valence electrons. The molecular weight excluding hydrogens is 362 g/mol. The third kappa shape index (κ3) is 3.25. The summed E-state index contributed by atoms with van der Waals surface area (Å²) in [5, 5.41) is 13.4. The number of hydrogen-bond acceptors (Lipinski definition) is 3. The molecule has 4 nitrogen and oxygen atoms in total. The molecule has 2 N–H and O–H groups in total. The lowest BCUT2D eigenvalue weighted by Gasteiger charge is -2.25. The monoisotopic (exact) mass is 387 g/mol. The number of phenols is 1. The summed E-state index contributed by atoms with van der Waals surface area (Å²) in [6.45, 7) is 7.85. The van der Waals surface area contributed by atoms with Crippen molar-refractivity contribution < 1.29 is 14.6 Å². The molecule has 1 heterocycles. The molecule has 0 radical (unpaired) electrons. The minimum Gasteiger partial charge on any atom is -0.507 e. The SMILES string of the molecule is Cc1c(C)c2c(c(C)c1O)CC(C)(c1cccc(C(=O)Nc3ccccc3)c1)O2. The molecule has 1 aliphatic rings. The third-order valence-corrected chi connectivity index (χ3v) is 5.95. The summed E-state index contributed by atoms with van der Waals surface area (Å²) in [6.07, 6.45) is 0.645. The summed E-state index contributed by atoms with van der Waals surface area (Å²) < 4.78 is 6.44. The molecule has 3 aromatic rings. The number of carbonyl (C=O) groups excluding carboxylic acids is 1. The summed E-state index contributed by atoms with van der Waals surface area (Å²) in [7, 11) is 0. The molecule has 29 heavy (non-hydrogen) atoms. The average Bonchev–Trinajstić information content (AvgIpc) is 3.11. The van der Waals surface area contributed by atoms with Crippen molar-refractivity contribution in [3.63, 3.8) is 0 Å². The zero-order valence-electron chi connectivity index (χ0n) is 17.2. The molecule has 1 unspecified atom stereocenters. The van der Waals surface area contributed by atoms with Gasteiger partial charge in [-0.2, -0.15) is 0 Å². The highest BCUT2D eigenvalue weighted by Crippen LogP contribution is 2.48. The van der Waals surface area contributed by atoms with Crippen LogP contribution < -0.4 is 10.1 Å². The second-order valence-electron chi connectivity index (χ2n) is 7.94. The van der Waals surface area contributed by atoms with Crippen molar-refractivity contribution in [3.8, 4) is 11.5 Å². The number of anilines is 1. The summed E-state index contributed by atoms with van der Waals surface area (Å²) in [5.41, 5.74) is 5.39. The maximum Gasteiger partial charge on any atom is 0.255 e. The fourth-order valence-corrected chi connectivity index (χ4v) is 3.99. The Hall–Kier alpha value is -3.27. The van der Waals surface area contributed by atoms with Gasteiger partial charge < -0.3 is 15.2 Å². The van der Waals surface area contributed by atoms with Gasteiger partial charge in [0.15, 0.2) is 0 Å². The van der Waals surface area contributed by atoms with Crippen molar-refractivity contribution in [3.05, 3.63) is 88.0 Å². The molecule has 0 bridgehead atoms. The molecule has 1 amide bonds. The van der Waals surface area contributed by atoms with Gasteiger partial charge in [0.2, 0.25) is 0 Å². The predicted molar refractivity (Wildman–Crippen MR) is 115 cm³/mol. The Balaban J connectivity index is 1.66. The first-order valence-electron chi connectivity index (χ1n) is 9.78. The number of nitrogens with one attached hydrogen (secondary N) is 1. The van der Waals surface area contributed by atoms with Crippen LogP contribution in [-0.2, 0) is 12.0 Å². The molecule has 0 fully saturated rings. The number of para-hydroxylation sites is 1. The van der Waals surface area contributed by atoms with Gasteiger partial charge in [-0.3, -0.25) is 4.79 Å². The minimum atomic E-state index is -0.596. The molecule has 0 saturated carbocycles. The first-order chi connectivity index (χ1) is 13.8. The fraction of sp³-hybridized carbons (Fsp3) is 0.240. The number of benzene rings is 3. The van der Waals surface area contributed by atoms with Crippen molar-refractivity contribution in [1.82, 2.24) is 0 Å². The van der Waals surface area contributed by atoms with Gasteiger partial charge in [-0.1, -0.05) is 30.3 Å². The van der Waals surface area contributed by atoms with Crippen molar-refractivity contribution in [2.45, 2.75) is 39.7 Å². The smallest absolute Gasteiger partial charge is 0.255 e. The number of fused-ring (bicyclic) bond motifs is 1. The second kappa shape index (κ2) is 6.96. The van der Waals surface area contributed by atoms with E-state index < -0.39 is 5.60 Å². The van der Waals surface area contributed by atoms with Crippen molar-refractivity contribution >= 4 is 11.6 Å². The summed E-state index contributed by atoms with van der Waals surface area (Å²) in [4.78, 5) is 12.7. The molecule has 0 spiro atoms. The lowest BCUT2D eigenvalue weighted by Crippen LogP contribution is -2.27. The Labute approximate surface area is 171 Å². The second-order valence-corrected chi connectivity index (χ2v) is 7.94. The van der Waals surface area contributed by atoms with Crippen molar-refractivity contribution in [2.75, 3.05) is 5.32 Å². The molecule has 4 rings (SSSR count). The minimum absolute atomic E-state index is 0.155. The number of rotatable bonds is 3. The first-order valence-corrected chi connectivity index (χ1v) is 9.78. The van der Waals surface area contributed by atoms with Gasteiger partial charge >= 0.3 is 0 Å². The number of phenolic OH excluding ortho intramolecular Hbond substituents is 1. The highest BCUT2D eigenvalue weighted by Gasteiger charge is 2.39. The third-order valence-electron chi connectivity index (χ3n) is 5.95. The Bertz CT molecular complexity index is 1070. The standard InChI is InChI=1S/C25H25NO3/c1-15-16(2)23-21(17(3)22(15)27)14-25(4,29-23)19-10-8-9-18(13-19)24(28)26-20-11-6-5-7-12-20/h5-13,27H,14H2,1-4H3,(H,26,28). The average molecular weight is 387 g/mol. The normalized spacial score (nSPS) is 17.5. The number of aromatic hydroxyl groups is 1. The van der Waals surface area contributed by atoms with E-state index in [9.17, 15) is 9.90 Å². The summed E-state index contributed by atoms with van der Waals surface area (Å²) >= 11 is 0. The lowest BCUT2D eigenvalue weighted by molar-refractivity contribution is 0.102. The van der Waals surface area contributed by atoms with E-state index in [1.54, 1.807) is 6.07 Å². The molecule has 1 aliphatic heterocycles. The first kappa shape index (κ1) is 19.1. The molecule has 1 atom stereocenters. The van der Waals surface area contributed by atoms with E-state index in [1.807, 2.05) is 76.2 Å². The topological polar surface area (TPSA) is 58.6 Å². The van der Waals surface area contributed by atoms with Crippen molar-refractivity contribution in [1.29, 1.82) is 0 Å². The van der Waals surface area contributed by atoms with Crippen LogP contribution in [0.4, 0.5) is 5.69 Å². The maximum absolute atomic E-state index is 12.7. The van der Waals surface area contributed by atoms with Gasteiger partial charge in [-0.15, -0.1) is 0 Å². The van der Waals surface area contributed by atoms with Gasteiger partial charge in [-0.25, -0.2) is 0 Å². The molecule has 0 aliphatic carbocycles. The number of hydrogen-bond donors (Lipinski definition) is 2.